The standard InChI is InChI=1S/C31H25Cl2N3O4S/c1-41(39,40)35-26-13-10-23(11-14-26)22-6-2-20(3-7-22)16-30-34-29(27-15-12-25(32)17-28(27)33)19-36(30)18-21-4-8-24(9-5-21)31(37)38/h2-15,17,19,35H,16,18H2,1H3,(H,37,38). The first-order valence-electron chi connectivity index (χ1n) is 12.5. The number of carboxylic acid groups (broad SMARTS) is 1. The summed E-state index contributed by atoms with van der Waals surface area (Å²) in [6.45, 7) is 0.499. The zero-order valence-corrected chi connectivity index (χ0v) is 24.2. The number of imidazole rings is 1. The summed E-state index contributed by atoms with van der Waals surface area (Å²) in [4.78, 5) is 16.2. The Morgan fingerprint density at radius 3 is 2.07 bits per heavy atom. The van der Waals surface area contributed by atoms with Crippen molar-refractivity contribution in [3.8, 4) is 22.4 Å². The zero-order chi connectivity index (χ0) is 29.1. The van der Waals surface area contributed by atoms with Gasteiger partial charge in [-0.25, -0.2) is 18.2 Å². The van der Waals surface area contributed by atoms with E-state index in [1.54, 1.807) is 48.5 Å². The third-order valence-electron chi connectivity index (χ3n) is 6.46. The lowest BCUT2D eigenvalue weighted by Crippen LogP contribution is -2.09. The Morgan fingerprint density at radius 2 is 1.49 bits per heavy atom. The minimum absolute atomic E-state index is 0.231. The molecule has 0 spiro atoms. The molecule has 2 N–H and O–H groups in total. The van der Waals surface area contributed by atoms with E-state index in [0.29, 0.717) is 34.4 Å². The predicted octanol–water partition coefficient (Wildman–Crippen LogP) is 7.23. The van der Waals surface area contributed by atoms with Crippen LogP contribution in [0.25, 0.3) is 22.4 Å². The molecule has 208 valence electrons. The molecular formula is C31H25Cl2N3O4S. The van der Waals surface area contributed by atoms with Gasteiger partial charge in [0.2, 0.25) is 10.0 Å². The maximum atomic E-state index is 11.5. The van der Waals surface area contributed by atoms with Crippen molar-refractivity contribution in [2.45, 2.75) is 13.0 Å². The quantitative estimate of drug-likeness (QED) is 0.184. The van der Waals surface area contributed by atoms with Gasteiger partial charge in [0.25, 0.3) is 0 Å². The van der Waals surface area contributed by atoms with Crippen molar-refractivity contribution in [1.29, 1.82) is 0 Å². The second-order valence-corrected chi connectivity index (χ2v) is 12.2. The summed E-state index contributed by atoms with van der Waals surface area (Å²) in [5.41, 5.74) is 6.16. The fraction of sp³-hybridized carbons (Fsp3) is 0.0968. The number of hydrogen-bond acceptors (Lipinski definition) is 4. The molecule has 41 heavy (non-hydrogen) atoms. The Bertz CT molecular complexity index is 1820. The number of anilines is 1. The van der Waals surface area contributed by atoms with E-state index in [2.05, 4.69) is 4.72 Å². The summed E-state index contributed by atoms with van der Waals surface area (Å²) in [6, 6.07) is 27.4. The van der Waals surface area contributed by atoms with Gasteiger partial charge < -0.3 is 9.67 Å². The Morgan fingerprint density at radius 1 is 0.878 bits per heavy atom. The zero-order valence-electron chi connectivity index (χ0n) is 21.9. The van der Waals surface area contributed by atoms with E-state index in [4.69, 9.17) is 28.2 Å². The normalized spacial score (nSPS) is 11.4. The topological polar surface area (TPSA) is 101 Å². The van der Waals surface area contributed by atoms with Crippen molar-refractivity contribution in [2.75, 3.05) is 11.0 Å². The van der Waals surface area contributed by atoms with Crippen molar-refractivity contribution in [3.05, 3.63) is 130 Å². The smallest absolute Gasteiger partial charge is 0.335 e. The highest BCUT2D eigenvalue weighted by Crippen LogP contribution is 2.31. The van der Waals surface area contributed by atoms with E-state index >= 15 is 0 Å². The van der Waals surface area contributed by atoms with Crippen LogP contribution in [0.5, 0.6) is 0 Å². The Labute approximate surface area is 248 Å². The molecule has 0 aliphatic rings. The summed E-state index contributed by atoms with van der Waals surface area (Å²) in [5.74, 6) is -0.151. The molecule has 0 fully saturated rings. The lowest BCUT2D eigenvalue weighted by molar-refractivity contribution is 0.0697. The summed E-state index contributed by atoms with van der Waals surface area (Å²) in [5, 5.41) is 10.3. The maximum absolute atomic E-state index is 11.5. The van der Waals surface area contributed by atoms with Gasteiger partial charge in [0, 0.05) is 35.4 Å². The number of halogens is 2. The molecular weight excluding hydrogens is 581 g/mol. The molecule has 5 aromatic rings. The number of rotatable bonds is 9. The highest BCUT2D eigenvalue weighted by molar-refractivity contribution is 7.92. The fourth-order valence-electron chi connectivity index (χ4n) is 4.45. The minimum Gasteiger partial charge on any atom is -0.478 e. The monoisotopic (exact) mass is 605 g/mol. The van der Waals surface area contributed by atoms with Gasteiger partial charge in [0.1, 0.15) is 5.82 Å². The maximum Gasteiger partial charge on any atom is 0.335 e. The van der Waals surface area contributed by atoms with Gasteiger partial charge in [-0.3, -0.25) is 4.72 Å². The Hall–Kier alpha value is -4.11. The van der Waals surface area contributed by atoms with Gasteiger partial charge in [-0.15, -0.1) is 0 Å². The second kappa shape index (κ2) is 11.8. The molecule has 1 aromatic heterocycles. The SMILES string of the molecule is CS(=O)(=O)Nc1ccc(-c2ccc(Cc3nc(-c4ccc(Cl)cc4Cl)cn3Cc3ccc(C(=O)O)cc3)cc2)cc1. The number of nitrogens with one attached hydrogen (secondary N) is 1. The molecule has 0 radical (unpaired) electrons. The average Bonchev–Trinajstić information content (AvgIpc) is 3.30. The molecule has 7 nitrogen and oxygen atoms in total. The number of carbonyl (C=O) groups is 1. The molecule has 0 aliphatic heterocycles. The molecule has 0 saturated heterocycles. The van der Waals surface area contributed by atoms with E-state index < -0.39 is 16.0 Å². The summed E-state index contributed by atoms with van der Waals surface area (Å²) in [7, 11) is -3.33. The van der Waals surface area contributed by atoms with Gasteiger partial charge >= 0.3 is 5.97 Å². The lowest BCUT2D eigenvalue weighted by atomic mass is 10.0. The summed E-state index contributed by atoms with van der Waals surface area (Å²) in [6.07, 6.45) is 3.61. The van der Waals surface area contributed by atoms with E-state index in [-0.39, 0.29) is 5.56 Å². The van der Waals surface area contributed by atoms with Crippen molar-refractivity contribution in [2.24, 2.45) is 0 Å². The van der Waals surface area contributed by atoms with Gasteiger partial charge in [-0.1, -0.05) is 71.7 Å². The molecule has 0 atom stereocenters. The van der Waals surface area contributed by atoms with E-state index in [1.807, 2.05) is 53.2 Å². The van der Waals surface area contributed by atoms with Gasteiger partial charge in [0.15, 0.2) is 0 Å². The van der Waals surface area contributed by atoms with Gasteiger partial charge in [0.05, 0.1) is 22.5 Å². The number of benzene rings is 4. The first-order valence-corrected chi connectivity index (χ1v) is 15.2. The van der Waals surface area contributed by atoms with E-state index in [1.165, 1.54) is 0 Å². The third kappa shape index (κ3) is 7.16. The first-order chi connectivity index (χ1) is 19.5. The molecule has 0 bridgehead atoms. The molecule has 0 saturated carbocycles. The number of sulfonamides is 1. The highest BCUT2D eigenvalue weighted by atomic mass is 35.5. The second-order valence-electron chi connectivity index (χ2n) is 9.62. The van der Waals surface area contributed by atoms with Crippen LogP contribution < -0.4 is 4.72 Å². The highest BCUT2D eigenvalue weighted by Gasteiger charge is 2.14. The van der Waals surface area contributed by atoms with Crippen LogP contribution in [0.15, 0.2) is 97.2 Å². The first kappa shape index (κ1) is 28.4. The van der Waals surface area contributed by atoms with Crippen molar-refractivity contribution < 1.29 is 18.3 Å². The van der Waals surface area contributed by atoms with Crippen LogP contribution in [-0.4, -0.2) is 35.3 Å². The van der Waals surface area contributed by atoms with Crippen molar-refractivity contribution in [1.82, 2.24) is 9.55 Å². The van der Waals surface area contributed by atoms with E-state index in [0.717, 1.165) is 39.9 Å². The minimum atomic E-state index is -3.33. The molecule has 10 heteroatoms. The van der Waals surface area contributed by atoms with Crippen LogP contribution in [0.1, 0.15) is 27.3 Å². The third-order valence-corrected chi connectivity index (χ3v) is 7.61. The number of carboxylic acids is 1. The van der Waals surface area contributed by atoms with Crippen molar-refractivity contribution >= 4 is 44.9 Å². The van der Waals surface area contributed by atoms with Crippen LogP contribution in [0, 0.1) is 0 Å². The number of hydrogen-bond donors (Lipinski definition) is 2. The number of nitrogens with zero attached hydrogens (tertiary/aromatic N) is 2. The average molecular weight is 607 g/mol. The Balaban J connectivity index is 1.41. The predicted molar refractivity (Wildman–Crippen MR) is 163 cm³/mol. The summed E-state index contributed by atoms with van der Waals surface area (Å²) >= 11 is 12.6. The largest absolute Gasteiger partial charge is 0.478 e. The van der Waals surface area contributed by atoms with Crippen LogP contribution in [-0.2, 0) is 23.0 Å². The van der Waals surface area contributed by atoms with Crippen LogP contribution in [0.2, 0.25) is 10.0 Å². The van der Waals surface area contributed by atoms with Gasteiger partial charge in [-0.05, 0) is 64.7 Å². The van der Waals surface area contributed by atoms with Crippen LogP contribution >= 0.6 is 23.2 Å². The summed E-state index contributed by atoms with van der Waals surface area (Å²) < 4.78 is 27.4. The van der Waals surface area contributed by atoms with Crippen LogP contribution in [0.3, 0.4) is 0 Å². The van der Waals surface area contributed by atoms with Crippen molar-refractivity contribution in [3.63, 3.8) is 0 Å². The number of aromatic carboxylic acids is 1. The molecule has 0 unspecified atom stereocenters. The number of aromatic nitrogens is 2. The Kier molecular flexibility index (Phi) is 8.17. The molecule has 1 heterocycles. The van der Waals surface area contributed by atoms with Crippen LogP contribution in [0.4, 0.5) is 5.69 Å². The lowest BCUT2D eigenvalue weighted by Gasteiger charge is -2.10. The molecule has 0 amide bonds. The fourth-order valence-corrected chi connectivity index (χ4v) is 5.52. The molecule has 4 aromatic carbocycles. The molecule has 0 aliphatic carbocycles. The van der Waals surface area contributed by atoms with Gasteiger partial charge in [-0.2, -0.15) is 0 Å². The van der Waals surface area contributed by atoms with E-state index in [9.17, 15) is 18.3 Å². The molecule has 5 rings (SSSR count).